The first-order valence-corrected chi connectivity index (χ1v) is 5.54. The van der Waals surface area contributed by atoms with Crippen LogP contribution in [0.4, 0.5) is 5.69 Å². The fraction of sp³-hybridized carbons (Fsp3) is 0.727. The third-order valence-electron chi connectivity index (χ3n) is 2.85. The first-order valence-electron chi connectivity index (χ1n) is 5.54. The Balaban J connectivity index is 1.85. The van der Waals surface area contributed by atoms with Gasteiger partial charge in [-0.25, -0.2) is 0 Å². The second-order valence-corrected chi connectivity index (χ2v) is 4.33. The van der Waals surface area contributed by atoms with Crippen molar-refractivity contribution in [3.05, 3.63) is 11.9 Å². The predicted octanol–water partition coefficient (Wildman–Crippen LogP) is 1.71. The van der Waals surface area contributed by atoms with Gasteiger partial charge in [-0.2, -0.15) is 5.10 Å². The van der Waals surface area contributed by atoms with E-state index in [4.69, 9.17) is 4.74 Å². The maximum Gasteiger partial charge on any atom is 0.0824 e. The predicted molar refractivity (Wildman–Crippen MR) is 60.0 cm³/mol. The lowest BCUT2D eigenvalue weighted by Gasteiger charge is -2.12. The van der Waals surface area contributed by atoms with E-state index in [0.717, 1.165) is 24.3 Å². The van der Waals surface area contributed by atoms with Gasteiger partial charge in [-0.1, -0.05) is 0 Å². The molecule has 0 aliphatic carbocycles. The largest absolute Gasteiger partial charge is 0.380 e. The van der Waals surface area contributed by atoms with Crippen LogP contribution in [0.2, 0.25) is 0 Å². The lowest BCUT2D eigenvalue weighted by Crippen LogP contribution is -2.19. The Morgan fingerprint density at radius 1 is 1.60 bits per heavy atom. The van der Waals surface area contributed by atoms with E-state index in [1.807, 2.05) is 24.9 Å². The molecule has 1 aromatic rings. The fourth-order valence-corrected chi connectivity index (χ4v) is 2.03. The Morgan fingerprint density at radius 3 is 2.93 bits per heavy atom. The van der Waals surface area contributed by atoms with Crippen molar-refractivity contribution in [1.82, 2.24) is 9.78 Å². The number of ether oxygens (including phenoxy) is 1. The molecule has 1 saturated heterocycles. The quantitative estimate of drug-likeness (QED) is 0.823. The van der Waals surface area contributed by atoms with Gasteiger partial charge in [0.1, 0.15) is 0 Å². The number of aryl methyl sites for hydroxylation is 2. The van der Waals surface area contributed by atoms with Gasteiger partial charge in [-0.15, -0.1) is 0 Å². The molecule has 1 fully saturated rings. The van der Waals surface area contributed by atoms with Crippen molar-refractivity contribution < 1.29 is 4.74 Å². The van der Waals surface area contributed by atoms with Gasteiger partial charge in [0.2, 0.25) is 0 Å². The van der Waals surface area contributed by atoms with Gasteiger partial charge in [0.25, 0.3) is 0 Å². The minimum absolute atomic E-state index is 0.361. The molecule has 0 amide bonds. The summed E-state index contributed by atoms with van der Waals surface area (Å²) in [5.74, 6) is 0. The SMILES string of the molecule is Cc1nn(C)cc1NCC1CCC(C)O1. The van der Waals surface area contributed by atoms with E-state index in [1.165, 1.54) is 6.42 Å². The summed E-state index contributed by atoms with van der Waals surface area (Å²) >= 11 is 0. The van der Waals surface area contributed by atoms with E-state index >= 15 is 0 Å². The topological polar surface area (TPSA) is 39.1 Å². The normalized spacial score (nSPS) is 25.8. The number of hydrogen-bond acceptors (Lipinski definition) is 3. The van der Waals surface area contributed by atoms with Crippen LogP contribution in [0.5, 0.6) is 0 Å². The van der Waals surface area contributed by atoms with Crippen molar-refractivity contribution >= 4 is 5.69 Å². The van der Waals surface area contributed by atoms with Gasteiger partial charge in [-0.3, -0.25) is 4.68 Å². The monoisotopic (exact) mass is 209 g/mol. The van der Waals surface area contributed by atoms with Crippen LogP contribution in [0.25, 0.3) is 0 Å². The van der Waals surface area contributed by atoms with Crippen molar-refractivity contribution in [3.8, 4) is 0 Å². The zero-order chi connectivity index (χ0) is 10.8. The van der Waals surface area contributed by atoms with Gasteiger partial charge in [0, 0.05) is 19.8 Å². The van der Waals surface area contributed by atoms with Gasteiger partial charge >= 0.3 is 0 Å². The van der Waals surface area contributed by atoms with Crippen molar-refractivity contribution in [2.45, 2.75) is 38.9 Å². The van der Waals surface area contributed by atoms with E-state index in [9.17, 15) is 0 Å². The average Bonchev–Trinajstić information content (AvgIpc) is 2.70. The fourth-order valence-electron chi connectivity index (χ4n) is 2.03. The molecule has 0 aromatic carbocycles. The maximum absolute atomic E-state index is 5.74. The second-order valence-electron chi connectivity index (χ2n) is 4.33. The Hall–Kier alpha value is -1.03. The number of nitrogens with zero attached hydrogens (tertiary/aromatic N) is 2. The molecule has 4 heteroatoms. The highest BCUT2D eigenvalue weighted by molar-refractivity contribution is 5.45. The smallest absolute Gasteiger partial charge is 0.0824 e. The Labute approximate surface area is 90.6 Å². The third kappa shape index (κ3) is 2.50. The highest BCUT2D eigenvalue weighted by Crippen LogP contribution is 2.20. The molecule has 1 aliphatic heterocycles. The van der Waals surface area contributed by atoms with Gasteiger partial charge < -0.3 is 10.1 Å². The molecule has 2 heterocycles. The molecular weight excluding hydrogens is 190 g/mol. The molecule has 1 N–H and O–H groups in total. The van der Waals surface area contributed by atoms with Crippen LogP contribution in [-0.4, -0.2) is 28.5 Å². The van der Waals surface area contributed by atoms with E-state index in [-0.39, 0.29) is 0 Å². The average molecular weight is 209 g/mol. The number of anilines is 1. The summed E-state index contributed by atoms with van der Waals surface area (Å²) in [5.41, 5.74) is 2.16. The molecule has 1 aliphatic rings. The number of nitrogens with one attached hydrogen (secondary N) is 1. The Morgan fingerprint density at radius 2 is 2.40 bits per heavy atom. The zero-order valence-corrected chi connectivity index (χ0v) is 9.66. The summed E-state index contributed by atoms with van der Waals surface area (Å²) in [4.78, 5) is 0. The molecule has 2 unspecified atom stereocenters. The summed E-state index contributed by atoms with van der Waals surface area (Å²) in [6.45, 7) is 5.03. The zero-order valence-electron chi connectivity index (χ0n) is 9.66. The molecule has 15 heavy (non-hydrogen) atoms. The van der Waals surface area contributed by atoms with Crippen molar-refractivity contribution in [1.29, 1.82) is 0 Å². The molecular formula is C11H19N3O. The van der Waals surface area contributed by atoms with Crippen LogP contribution in [0.15, 0.2) is 6.20 Å². The van der Waals surface area contributed by atoms with E-state index < -0.39 is 0 Å². The Bertz CT molecular complexity index is 335. The van der Waals surface area contributed by atoms with Gasteiger partial charge in [-0.05, 0) is 26.7 Å². The van der Waals surface area contributed by atoms with Crippen molar-refractivity contribution in [3.63, 3.8) is 0 Å². The molecule has 0 spiro atoms. The van der Waals surface area contributed by atoms with Crippen molar-refractivity contribution in [2.75, 3.05) is 11.9 Å². The molecule has 0 bridgehead atoms. The van der Waals surface area contributed by atoms with E-state index in [2.05, 4.69) is 17.3 Å². The lowest BCUT2D eigenvalue weighted by atomic mass is 10.2. The molecule has 0 saturated carbocycles. The summed E-state index contributed by atoms with van der Waals surface area (Å²) in [6, 6.07) is 0. The van der Waals surface area contributed by atoms with Gasteiger partial charge in [0.15, 0.2) is 0 Å². The molecule has 4 nitrogen and oxygen atoms in total. The van der Waals surface area contributed by atoms with Crippen LogP contribution >= 0.6 is 0 Å². The van der Waals surface area contributed by atoms with Gasteiger partial charge in [0.05, 0.1) is 23.6 Å². The molecule has 2 rings (SSSR count). The second kappa shape index (κ2) is 4.23. The van der Waals surface area contributed by atoms with Crippen LogP contribution in [0, 0.1) is 6.92 Å². The number of rotatable bonds is 3. The number of hydrogen-bond donors (Lipinski definition) is 1. The Kier molecular flexibility index (Phi) is 2.95. The molecule has 0 radical (unpaired) electrons. The van der Waals surface area contributed by atoms with Crippen molar-refractivity contribution in [2.24, 2.45) is 7.05 Å². The van der Waals surface area contributed by atoms with Crippen LogP contribution in [-0.2, 0) is 11.8 Å². The lowest BCUT2D eigenvalue weighted by molar-refractivity contribution is 0.0637. The number of aromatic nitrogens is 2. The summed E-state index contributed by atoms with van der Waals surface area (Å²) in [7, 11) is 1.94. The third-order valence-corrected chi connectivity index (χ3v) is 2.85. The highest BCUT2D eigenvalue weighted by Gasteiger charge is 2.21. The van der Waals surface area contributed by atoms with Crippen LogP contribution < -0.4 is 5.32 Å². The molecule has 1 aromatic heterocycles. The van der Waals surface area contributed by atoms with Crippen LogP contribution in [0.1, 0.15) is 25.5 Å². The summed E-state index contributed by atoms with van der Waals surface area (Å²) in [5, 5.41) is 7.67. The summed E-state index contributed by atoms with van der Waals surface area (Å²) < 4.78 is 7.57. The molecule has 2 atom stereocenters. The maximum atomic E-state index is 5.74. The summed E-state index contributed by atoms with van der Waals surface area (Å²) in [6.07, 6.45) is 5.13. The minimum Gasteiger partial charge on any atom is -0.380 e. The highest BCUT2D eigenvalue weighted by atomic mass is 16.5. The van der Waals surface area contributed by atoms with E-state index in [1.54, 1.807) is 0 Å². The minimum atomic E-state index is 0.361. The van der Waals surface area contributed by atoms with E-state index in [0.29, 0.717) is 12.2 Å². The standard InChI is InChI=1S/C11H19N3O/c1-8-4-5-10(15-8)6-12-11-7-14(3)13-9(11)2/h7-8,10,12H,4-6H2,1-3H3. The van der Waals surface area contributed by atoms with Crippen LogP contribution in [0.3, 0.4) is 0 Å². The first kappa shape index (κ1) is 10.5. The molecule has 84 valence electrons. The first-order chi connectivity index (χ1) is 7.15.